The Kier molecular flexibility index (Phi) is 5.36. The number of aryl methyl sites for hydroxylation is 1. The molecule has 1 aliphatic rings. The zero-order valence-electron chi connectivity index (χ0n) is 16.6. The van der Waals surface area contributed by atoms with Crippen molar-refractivity contribution < 1.29 is 9.59 Å². The Morgan fingerprint density at radius 1 is 1.07 bits per heavy atom. The van der Waals surface area contributed by atoms with Gasteiger partial charge < -0.3 is 10.2 Å². The monoisotopic (exact) mass is 364 g/mol. The van der Waals surface area contributed by atoms with E-state index in [-0.39, 0.29) is 29.6 Å². The Morgan fingerprint density at radius 2 is 1.70 bits per heavy atom. The predicted octanol–water partition coefficient (Wildman–Crippen LogP) is 4.28. The first-order chi connectivity index (χ1) is 12.7. The molecule has 0 radical (unpaired) electrons. The van der Waals surface area contributed by atoms with Gasteiger partial charge in [-0.2, -0.15) is 0 Å². The molecule has 4 nitrogen and oxygen atoms in total. The Balaban J connectivity index is 1.59. The maximum atomic E-state index is 12.6. The molecule has 1 unspecified atom stereocenters. The minimum Gasteiger partial charge on any atom is -0.338 e. The van der Waals surface area contributed by atoms with Crippen LogP contribution in [0.4, 0.5) is 5.69 Å². The summed E-state index contributed by atoms with van der Waals surface area (Å²) in [6.07, 6.45) is 0.276. The number of carbonyl (C=O) groups excluding carboxylic acids is 2. The lowest BCUT2D eigenvalue weighted by Crippen LogP contribution is -2.28. The van der Waals surface area contributed by atoms with Crippen LogP contribution in [-0.2, 0) is 21.5 Å². The Hall–Kier alpha value is -2.62. The standard InChI is InChI=1S/C23H28N2O2/c1-16-5-7-17(8-6-16)14-25-15-18(13-21(25)26)22(27)24-20-11-9-19(10-12-20)23(2,3)4/h5-12,18H,13-15H2,1-4H3,(H,24,27). The van der Waals surface area contributed by atoms with Crippen molar-refractivity contribution in [3.8, 4) is 0 Å². The SMILES string of the molecule is Cc1ccc(CN2CC(C(=O)Nc3ccc(C(C)(C)C)cc3)CC2=O)cc1. The summed E-state index contributed by atoms with van der Waals surface area (Å²) in [5.41, 5.74) is 4.36. The molecule has 3 rings (SSSR count). The zero-order chi connectivity index (χ0) is 19.6. The van der Waals surface area contributed by atoms with Gasteiger partial charge in [-0.1, -0.05) is 62.7 Å². The van der Waals surface area contributed by atoms with Crippen LogP contribution in [0.15, 0.2) is 48.5 Å². The zero-order valence-corrected chi connectivity index (χ0v) is 16.6. The summed E-state index contributed by atoms with van der Waals surface area (Å²) in [6.45, 7) is 9.55. The van der Waals surface area contributed by atoms with Crippen LogP contribution in [-0.4, -0.2) is 23.3 Å². The number of nitrogens with one attached hydrogen (secondary N) is 1. The molecule has 1 N–H and O–H groups in total. The summed E-state index contributed by atoms with van der Waals surface area (Å²) < 4.78 is 0. The molecule has 1 fully saturated rings. The molecule has 0 bridgehead atoms. The first-order valence-corrected chi connectivity index (χ1v) is 9.47. The Labute approximate surface area is 161 Å². The molecule has 4 heteroatoms. The van der Waals surface area contributed by atoms with E-state index in [0.717, 1.165) is 11.3 Å². The van der Waals surface area contributed by atoms with Crippen molar-refractivity contribution in [1.82, 2.24) is 4.90 Å². The van der Waals surface area contributed by atoms with Gasteiger partial charge in [-0.3, -0.25) is 9.59 Å². The van der Waals surface area contributed by atoms with E-state index in [0.29, 0.717) is 13.1 Å². The number of likely N-dealkylation sites (tertiary alicyclic amines) is 1. The molecule has 1 heterocycles. The second-order valence-corrected chi connectivity index (χ2v) is 8.48. The van der Waals surface area contributed by atoms with Crippen molar-refractivity contribution in [2.45, 2.75) is 46.1 Å². The van der Waals surface area contributed by atoms with Crippen LogP contribution in [0.1, 0.15) is 43.9 Å². The number of hydrogen-bond donors (Lipinski definition) is 1. The number of hydrogen-bond acceptors (Lipinski definition) is 2. The fourth-order valence-electron chi connectivity index (χ4n) is 3.31. The van der Waals surface area contributed by atoms with Crippen molar-refractivity contribution in [1.29, 1.82) is 0 Å². The van der Waals surface area contributed by atoms with Gasteiger partial charge >= 0.3 is 0 Å². The molecule has 2 aromatic carbocycles. The highest BCUT2D eigenvalue weighted by Crippen LogP contribution is 2.25. The van der Waals surface area contributed by atoms with Gasteiger partial charge in [0, 0.05) is 25.2 Å². The molecule has 142 valence electrons. The fourth-order valence-corrected chi connectivity index (χ4v) is 3.31. The van der Waals surface area contributed by atoms with E-state index in [1.807, 2.05) is 55.5 Å². The summed E-state index contributed by atoms with van der Waals surface area (Å²) in [7, 11) is 0. The Bertz CT molecular complexity index is 817. The highest BCUT2D eigenvalue weighted by atomic mass is 16.2. The smallest absolute Gasteiger partial charge is 0.229 e. The van der Waals surface area contributed by atoms with Gasteiger partial charge in [0.05, 0.1) is 5.92 Å². The number of benzene rings is 2. The first kappa shape index (κ1) is 19.2. The highest BCUT2D eigenvalue weighted by Gasteiger charge is 2.34. The second kappa shape index (κ2) is 7.55. The third-order valence-electron chi connectivity index (χ3n) is 5.10. The van der Waals surface area contributed by atoms with Gasteiger partial charge in [0.1, 0.15) is 0 Å². The van der Waals surface area contributed by atoms with Crippen LogP contribution in [0.2, 0.25) is 0 Å². The minimum atomic E-state index is -0.301. The lowest BCUT2D eigenvalue weighted by molar-refractivity contribution is -0.128. The first-order valence-electron chi connectivity index (χ1n) is 9.47. The summed E-state index contributed by atoms with van der Waals surface area (Å²) >= 11 is 0. The second-order valence-electron chi connectivity index (χ2n) is 8.48. The molecule has 0 aliphatic carbocycles. The van der Waals surface area contributed by atoms with Crippen LogP contribution < -0.4 is 5.32 Å². The van der Waals surface area contributed by atoms with Gasteiger partial charge in [0.2, 0.25) is 11.8 Å². The third kappa shape index (κ3) is 4.76. The molecular formula is C23H28N2O2. The van der Waals surface area contributed by atoms with E-state index in [1.54, 1.807) is 4.90 Å². The predicted molar refractivity (Wildman–Crippen MR) is 108 cm³/mol. The largest absolute Gasteiger partial charge is 0.338 e. The molecule has 1 atom stereocenters. The minimum absolute atomic E-state index is 0.0406. The van der Waals surface area contributed by atoms with Crippen molar-refractivity contribution in [2.75, 3.05) is 11.9 Å². The summed E-state index contributed by atoms with van der Waals surface area (Å²) in [5, 5.41) is 2.96. The van der Waals surface area contributed by atoms with E-state index in [4.69, 9.17) is 0 Å². The van der Waals surface area contributed by atoms with Crippen molar-refractivity contribution in [3.63, 3.8) is 0 Å². The van der Waals surface area contributed by atoms with Crippen LogP contribution in [0, 0.1) is 12.8 Å². The molecular weight excluding hydrogens is 336 g/mol. The average Bonchev–Trinajstić information content (AvgIpc) is 2.97. The molecule has 0 aromatic heterocycles. The maximum Gasteiger partial charge on any atom is 0.229 e. The van der Waals surface area contributed by atoms with E-state index in [9.17, 15) is 9.59 Å². The topological polar surface area (TPSA) is 49.4 Å². The third-order valence-corrected chi connectivity index (χ3v) is 5.10. The molecule has 1 aliphatic heterocycles. The quantitative estimate of drug-likeness (QED) is 0.880. The van der Waals surface area contributed by atoms with Crippen LogP contribution in [0.3, 0.4) is 0 Å². The number of anilines is 1. The highest BCUT2D eigenvalue weighted by molar-refractivity contribution is 5.97. The van der Waals surface area contributed by atoms with Gasteiger partial charge in [-0.05, 0) is 35.6 Å². The molecule has 2 amide bonds. The molecule has 2 aromatic rings. The van der Waals surface area contributed by atoms with Crippen molar-refractivity contribution >= 4 is 17.5 Å². The average molecular weight is 364 g/mol. The number of amides is 2. The summed E-state index contributed by atoms with van der Waals surface area (Å²) in [6, 6.07) is 16.1. The summed E-state index contributed by atoms with van der Waals surface area (Å²) in [4.78, 5) is 26.7. The van der Waals surface area contributed by atoms with E-state index < -0.39 is 0 Å². The van der Waals surface area contributed by atoms with Crippen LogP contribution in [0.25, 0.3) is 0 Å². The molecule has 1 saturated heterocycles. The Morgan fingerprint density at radius 3 is 2.30 bits per heavy atom. The van der Waals surface area contributed by atoms with Crippen LogP contribution in [0.5, 0.6) is 0 Å². The van der Waals surface area contributed by atoms with Gasteiger partial charge in [0.25, 0.3) is 0 Å². The number of rotatable bonds is 4. The fraction of sp³-hybridized carbons (Fsp3) is 0.391. The van der Waals surface area contributed by atoms with Crippen LogP contribution >= 0.6 is 0 Å². The normalized spacial score (nSPS) is 17.3. The van der Waals surface area contributed by atoms with E-state index in [1.165, 1.54) is 11.1 Å². The molecule has 0 saturated carbocycles. The molecule has 27 heavy (non-hydrogen) atoms. The van der Waals surface area contributed by atoms with Gasteiger partial charge in [-0.25, -0.2) is 0 Å². The van der Waals surface area contributed by atoms with E-state index >= 15 is 0 Å². The van der Waals surface area contributed by atoms with E-state index in [2.05, 4.69) is 26.1 Å². The van der Waals surface area contributed by atoms with Crippen molar-refractivity contribution in [2.24, 2.45) is 5.92 Å². The van der Waals surface area contributed by atoms with Gasteiger partial charge in [-0.15, -0.1) is 0 Å². The number of carbonyl (C=O) groups is 2. The lowest BCUT2D eigenvalue weighted by atomic mass is 9.87. The van der Waals surface area contributed by atoms with Crippen molar-refractivity contribution in [3.05, 3.63) is 65.2 Å². The maximum absolute atomic E-state index is 12.6. The molecule has 0 spiro atoms. The van der Waals surface area contributed by atoms with Gasteiger partial charge in [0.15, 0.2) is 0 Å². The number of nitrogens with zero attached hydrogens (tertiary/aromatic N) is 1. The lowest BCUT2D eigenvalue weighted by Gasteiger charge is -2.19. The summed E-state index contributed by atoms with van der Waals surface area (Å²) in [5.74, 6) is -0.345.